The first kappa shape index (κ1) is 15.8. The van der Waals surface area contributed by atoms with Crippen molar-refractivity contribution in [2.24, 2.45) is 0 Å². The van der Waals surface area contributed by atoms with Crippen molar-refractivity contribution in [1.82, 2.24) is 15.1 Å². The van der Waals surface area contributed by atoms with Crippen LogP contribution in [0.3, 0.4) is 0 Å². The quantitative estimate of drug-likeness (QED) is 0.909. The van der Waals surface area contributed by atoms with Crippen LogP contribution in [-0.4, -0.2) is 45.9 Å². The number of carbonyl (C=O) groups is 1. The van der Waals surface area contributed by atoms with Crippen molar-refractivity contribution in [2.75, 3.05) is 18.4 Å². The molecule has 0 radical (unpaired) electrons. The van der Waals surface area contributed by atoms with Crippen molar-refractivity contribution in [2.45, 2.75) is 45.3 Å². The zero-order valence-electron chi connectivity index (χ0n) is 12.6. The Morgan fingerprint density at radius 1 is 1.43 bits per heavy atom. The highest BCUT2D eigenvalue weighted by molar-refractivity contribution is 6.29. The summed E-state index contributed by atoms with van der Waals surface area (Å²) < 4.78 is 5.41. The molecule has 1 atom stereocenters. The number of nitrogens with one attached hydrogen (secondary N) is 1. The number of likely N-dealkylation sites (tertiary alicyclic amines) is 1. The van der Waals surface area contributed by atoms with Crippen LogP contribution in [0.25, 0.3) is 0 Å². The van der Waals surface area contributed by atoms with Gasteiger partial charge in [0.25, 0.3) is 0 Å². The van der Waals surface area contributed by atoms with Crippen molar-refractivity contribution < 1.29 is 9.53 Å². The summed E-state index contributed by atoms with van der Waals surface area (Å²) in [6.45, 7) is 6.92. The van der Waals surface area contributed by atoms with Crippen molar-refractivity contribution in [3.63, 3.8) is 0 Å². The fourth-order valence-corrected chi connectivity index (χ4v) is 2.29. The van der Waals surface area contributed by atoms with Crippen LogP contribution in [-0.2, 0) is 4.74 Å². The maximum Gasteiger partial charge on any atom is 0.410 e. The minimum absolute atomic E-state index is 0.141. The van der Waals surface area contributed by atoms with Gasteiger partial charge in [0.1, 0.15) is 11.4 Å². The van der Waals surface area contributed by atoms with Crippen LogP contribution in [0.4, 0.5) is 10.6 Å². The van der Waals surface area contributed by atoms with Crippen LogP contribution >= 0.6 is 11.6 Å². The molecule has 0 aromatic carbocycles. The van der Waals surface area contributed by atoms with Crippen molar-refractivity contribution in [3.8, 4) is 0 Å². The average Bonchev–Trinajstić information content (AvgIpc) is 2.40. The Kier molecular flexibility index (Phi) is 4.88. The fraction of sp³-hybridized carbons (Fsp3) is 0.643. The second kappa shape index (κ2) is 6.47. The Morgan fingerprint density at radius 2 is 2.19 bits per heavy atom. The molecule has 1 aliphatic rings. The summed E-state index contributed by atoms with van der Waals surface area (Å²) in [6, 6.07) is 3.61. The highest BCUT2D eigenvalue weighted by atomic mass is 35.5. The zero-order valence-corrected chi connectivity index (χ0v) is 13.4. The smallest absolute Gasteiger partial charge is 0.410 e. The number of aromatic nitrogens is 2. The first-order valence-corrected chi connectivity index (χ1v) is 7.45. The number of ether oxygens (including phenoxy) is 1. The van der Waals surface area contributed by atoms with Gasteiger partial charge >= 0.3 is 6.09 Å². The van der Waals surface area contributed by atoms with E-state index in [0.717, 1.165) is 19.4 Å². The molecular formula is C14H21ClN4O2. The molecule has 6 nitrogen and oxygen atoms in total. The normalized spacial score (nSPS) is 19.2. The molecule has 1 N–H and O–H groups in total. The second-order valence-electron chi connectivity index (χ2n) is 6.15. The van der Waals surface area contributed by atoms with Crippen LogP contribution < -0.4 is 5.32 Å². The first-order chi connectivity index (χ1) is 9.83. The molecule has 116 valence electrons. The molecule has 1 aliphatic heterocycles. The number of halogens is 1. The predicted octanol–water partition coefficient (Wildman–Crippen LogP) is 2.94. The lowest BCUT2D eigenvalue weighted by Crippen LogP contribution is -2.47. The molecule has 21 heavy (non-hydrogen) atoms. The van der Waals surface area contributed by atoms with Crippen LogP contribution in [0, 0.1) is 0 Å². The fourth-order valence-electron chi connectivity index (χ4n) is 2.19. The van der Waals surface area contributed by atoms with Gasteiger partial charge in [-0.3, -0.25) is 0 Å². The van der Waals surface area contributed by atoms with Crippen LogP contribution in [0.2, 0.25) is 5.15 Å². The van der Waals surface area contributed by atoms with Crippen molar-refractivity contribution in [1.29, 1.82) is 0 Å². The van der Waals surface area contributed by atoms with E-state index in [9.17, 15) is 4.79 Å². The van der Waals surface area contributed by atoms with Gasteiger partial charge in [-0.2, -0.15) is 0 Å². The number of hydrogen-bond donors (Lipinski definition) is 1. The maximum absolute atomic E-state index is 12.1. The van der Waals surface area contributed by atoms with Crippen LogP contribution in [0.15, 0.2) is 12.1 Å². The van der Waals surface area contributed by atoms with E-state index in [4.69, 9.17) is 16.3 Å². The SMILES string of the molecule is CC(C)(C)OC(=O)N1CCC[C@H](Nc2ccc(Cl)nn2)C1. The molecule has 1 saturated heterocycles. The Morgan fingerprint density at radius 3 is 2.81 bits per heavy atom. The van der Waals surface area contributed by atoms with Gasteiger partial charge in [0.15, 0.2) is 5.15 Å². The lowest BCUT2D eigenvalue weighted by molar-refractivity contribution is 0.0206. The highest BCUT2D eigenvalue weighted by Crippen LogP contribution is 2.18. The molecule has 7 heteroatoms. The van der Waals surface area contributed by atoms with Gasteiger partial charge in [-0.1, -0.05) is 11.6 Å². The minimum atomic E-state index is -0.473. The largest absolute Gasteiger partial charge is 0.444 e. The number of nitrogens with zero attached hydrogens (tertiary/aromatic N) is 3. The first-order valence-electron chi connectivity index (χ1n) is 7.07. The van der Waals surface area contributed by atoms with E-state index in [1.54, 1.807) is 17.0 Å². The molecule has 1 amide bonds. The summed E-state index contributed by atoms with van der Waals surface area (Å²) >= 11 is 5.71. The molecule has 1 aromatic rings. The molecule has 0 spiro atoms. The lowest BCUT2D eigenvalue weighted by atomic mass is 10.1. The topological polar surface area (TPSA) is 67.3 Å². The molecule has 0 saturated carbocycles. The third-order valence-corrected chi connectivity index (χ3v) is 3.26. The maximum atomic E-state index is 12.1. The number of hydrogen-bond acceptors (Lipinski definition) is 5. The zero-order chi connectivity index (χ0) is 15.5. The summed E-state index contributed by atoms with van der Waals surface area (Å²) in [5, 5.41) is 11.4. The number of amides is 1. The van der Waals surface area contributed by atoms with Gasteiger partial charge in [-0.25, -0.2) is 4.79 Å². The van der Waals surface area contributed by atoms with E-state index >= 15 is 0 Å². The van der Waals surface area contributed by atoms with Gasteiger partial charge in [-0.15, -0.1) is 10.2 Å². The summed E-state index contributed by atoms with van der Waals surface area (Å²) in [6.07, 6.45) is 1.64. The van der Waals surface area contributed by atoms with Gasteiger partial charge < -0.3 is 15.0 Å². The number of piperidine rings is 1. The number of carbonyl (C=O) groups excluding carboxylic acids is 1. The monoisotopic (exact) mass is 312 g/mol. The molecule has 0 bridgehead atoms. The Balaban J connectivity index is 1.91. The number of anilines is 1. The van der Waals surface area contributed by atoms with Crippen LogP contribution in [0.1, 0.15) is 33.6 Å². The molecule has 1 fully saturated rings. The third-order valence-electron chi connectivity index (χ3n) is 3.06. The third kappa shape index (κ3) is 5.04. The summed E-state index contributed by atoms with van der Waals surface area (Å²) in [4.78, 5) is 13.8. The summed E-state index contributed by atoms with van der Waals surface area (Å²) in [7, 11) is 0. The van der Waals surface area contributed by atoms with Gasteiger partial charge in [0.05, 0.1) is 0 Å². The highest BCUT2D eigenvalue weighted by Gasteiger charge is 2.27. The van der Waals surface area contributed by atoms with Crippen molar-refractivity contribution >= 4 is 23.5 Å². The van der Waals surface area contributed by atoms with Gasteiger partial charge in [-0.05, 0) is 45.7 Å². The van der Waals surface area contributed by atoms with E-state index in [-0.39, 0.29) is 12.1 Å². The predicted molar refractivity (Wildman–Crippen MR) is 81.5 cm³/mol. The van der Waals surface area contributed by atoms with E-state index < -0.39 is 5.60 Å². The van der Waals surface area contributed by atoms with E-state index in [2.05, 4.69) is 15.5 Å². The van der Waals surface area contributed by atoms with Crippen molar-refractivity contribution in [3.05, 3.63) is 17.3 Å². The summed E-state index contributed by atoms with van der Waals surface area (Å²) in [5.74, 6) is 0.662. The molecule has 0 aliphatic carbocycles. The lowest BCUT2D eigenvalue weighted by Gasteiger charge is -2.34. The molecule has 1 aromatic heterocycles. The molecule has 2 heterocycles. The molecule has 0 unspecified atom stereocenters. The summed E-state index contributed by atoms with van der Waals surface area (Å²) in [5.41, 5.74) is -0.473. The van der Waals surface area contributed by atoms with Gasteiger partial charge in [0, 0.05) is 19.1 Å². The number of rotatable bonds is 2. The van der Waals surface area contributed by atoms with E-state index in [1.807, 2.05) is 20.8 Å². The average molecular weight is 313 g/mol. The second-order valence-corrected chi connectivity index (χ2v) is 6.54. The van der Waals surface area contributed by atoms with E-state index in [1.165, 1.54) is 0 Å². The standard InChI is InChI=1S/C14H21ClN4O2/c1-14(2,3)21-13(20)19-8-4-5-10(9-19)16-12-7-6-11(15)17-18-12/h6-7,10H,4-5,8-9H2,1-3H3,(H,16,18)/t10-/m0/s1. The van der Waals surface area contributed by atoms with Gasteiger partial charge in [0.2, 0.25) is 0 Å². The van der Waals surface area contributed by atoms with Crippen LogP contribution in [0.5, 0.6) is 0 Å². The Labute approximate surface area is 129 Å². The van der Waals surface area contributed by atoms with E-state index in [0.29, 0.717) is 17.5 Å². The Hall–Kier alpha value is -1.56. The molecular weight excluding hydrogens is 292 g/mol. The molecule has 2 rings (SSSR count). The minimum Gasteiger partial charge on any atom is -0.444 e. The Bertz CT molecular complexity index is 487.